The van der Waals surface area contributed by atoms with Crippen LogP contribution in [0.3, 0.4) is 0 Å². The molecule has 0 heterocycles. The summed E-state index contributed by atoms with van der Waals surface area (Å²) < 4.78 is 17.9. The number of guanidine groups is 1. The molecule has 6 heteroatoms. The first-order chi connectivity index (χ1) is 9.72. The molecule has 1 aromatic carbocycles. The van der Waals surface area contributed by atoms with Crippen molar-refractivity contribution in [3.05, 3.63) is 30.1 Å². The summed E-state index contributed by atoms with van der Waals surface area (Å²) in [6, 6.07) is 6.46. The van der Waals surface area contributed by atoms with E-state index in [4.69, 9.17) is 10.5 Å². The summed E-state index contributed by atoms with van der Waals surface area (Å²) >= 11 is 1.65. The van der Waals surface area contributed by atoms with Crippen LogP contribution in [0.1, 0.15) is 13.3 Å². The van der Waals surface area contributed by atoms with Crippen molar-refractivity contribution in [2.24, 2.45) is 10.7 Å². The van der Waals surface area contributed by atoms with Crippen molar-refractivity contribution >= 4 is 17.7 Å². The lowest BCUT2D eigenvalue weighted by molar-refractivity contribution is 0.146. The van der Waals surface area contributed by atoms with Crippen LogP contribution in [-0.2, 0) is 4.74 Å². The van der Waals surface area contributed by atoms with Gasteiger partial charge in [0, 0.05) is 37.0 Å². The van der Waals surface area contributed by atoms with Crippen LogP contribution in [0, 0.1) is 5.82 Å². The third-order valence-corrected chi connectivity index (χ3v) is 3.44. The molecule has 0 spiro atoms. The molecular formula is C14H22FN3OS. The number of nitrogens with zero attached hydrogens (tertiary/aromatic N) is 1. The highest BCUT2D eigenvalue weighted by Gasteiger charge is 1.96. The molecule has 0 aromatic heterocycles. The molecule has 0 aliphatic carbocycles. The topological polar surface area (TPSA) is 59.6 Å². The van der Waals surface area contributed by atoms with Gasteiger partial charge in [-0.25, -0.2) is 4.39 Å². The van der Waals surface area contributed by atoms with E-state index in [1.807, 2.05) is 6.92 Å². The van der Waals surface area contributed by atoms with Crippen LogP contribution in [0.25, 0.3) is 0 Å². The zero-order valence-corrected chi connectivity index (χ0v) is 12.6. The first-order valence-corrected chi connectivity index (χ1v) is 7.71. The Kier molecular flexibility index (Phi) is 8.82. The Hall–Kier alpha value is -1.27. The Labute approximate surface area is 124 Å². The van der Waals surface area contributed by atoms with E-state index in [0.717, 1.165) is 30.2 Å². The van der Waals surface area contributed by atoms with Crippen LogP contribution in [0.2, 0.25) is 0 Å². The minimum Gasteiger partial charge on any atom is -0.382 e. The fourth-order valence-corrected chi connectivity index (χ4v) is 2.21. The van der Waals surface area contributed by atoms with Gasteiger partial charge in [0.05, 0.1) is 0 Å². The lowest BCUT2D eigenvalue weighted by Gasteiger charge is -2.06. The number of rotatable bonds is 9. The van der Waals surface area contributed by atoms with Gasteiger partial charge in [0.15, 0.2) is 5.96 Å². The monoisotopic (exact) mass is 299 g/mol. The Balaban J connectivity index is 2.07. The van der Waals surface area contributed by atoms with Gasteiger partial charge >= 0.3 is 0 Å². The summed E-state index contributed by atoms with van der Waals surface area (Å²) in [7, 11) is 0. The van der Waals surface area contributed by atoms with E-state index in [9.17, 15) is 4.39 Å². The molecular weight excluding hydrogens is 277 g/mol. The number of benzene rings is 1. The summed E-state index contributed by atoms with van der Waals surface area (Å²) in [6.45, 7) is 4.82. The van der Waals surface area contributed by atoms with E-state index in [2.05, 4.69) is 10.3 Å². The smallest absolute Gasteiger partial charge is 0.188 e. The van der Waals surface area contributed by atoms with Gasteiger partial charge in [-0.1, -0.05) is 0 Å². The van der Waals surface area contributed by atoms with Gasteiger partial charge in [0.1, 0.15) is 5.82 Å². The highest BCUT2D eigenvalue weighted by Crippen LogP contribution is 2.16. The van der Waals surface area contributed by atoms with E-state index < -0.39 is 0 Å². The van der Waals surface area contributed by atoms with E-state index in [0.29, 0.717) is 19.1 Å². The second-order valence-electron chi connectivity index (χ2n) is 4.05. The summed E-state index contributed by atoms with van der Waals surface area (Å²) in [6.07, 6.45) is 0.876. The maximum Gasteiger partial charge on any atom is 0.188 e. The Morgan fingerprint density at radius 1 is 1.40 bits per heavy atom. The number of nitrogens with two attached hydrogens (primary N) is 1. The maximum absolute atomic E-state index is 12.7. The zero-order chi connectivity index (χ0) is 14.6. The highest BCUT2D eigenvalue weighted by atomic mass is 32.2. The van der Waals surface area contributed by atoms with Crippen molar-refractivity contribution in [2.45, 2.75) is 18.2 Å². The fourth-order valence-electron chi connectivity index (χ4n) is 1.45. The fraction of sp³-hybridized carbons (Fsp3) is 0.500. The molecule has 3 N–H and O–H groups in total. The molecule has 0 fully saturated rings. The number of thioether (sulfide) groups is 1. The molecule has 1 rings (SSSR count). The maximum atomic E-state index is 12.7. The highest BCUT2D eigenvalue weighted by molar-refractivity contribution is 7.99. The summed E-state index contributed by atoms with van der Waals surface area (Å²) in [5.74, 6) is 1.10. The van der Waals surface area contributed by atoms with Crippen molar-refractivity contribution in [2.75, 3.05) is 32.1 Å². The normalized spacial score (nSPS) is 11.6. The van der Waals surface area contributed by atoms with Gasteiger partial charge < -0.3 is 15.8 Å². The SMILES string of the molecule is CCOCCCN=C(N)NCCSc1ccc(F)cc1. The largest absolute Gasteiger partial charge is 0.382 e. The number of hydrogen-bond donors (Lipinski definition) is 2. The number of aliphatic imine (C=N–C) groups is 1. The van der Waals surface area contributed by atoms with Crippen molar-refractivity contribution in [3.63, 3.8) is 0 Å². The van der Waals surface area contributed by atoms with Crippen molar-refractivity contribution in [3.8, 4) is 0 Å². The molecule has 0 aliphatic rings. The molecule has 20 heavy (non-hydrogen) atoms. The van der Waals surface area contributed by atoms with Crippen LogP contribution < -0.4 is 11.1 Å². The minimum atomic E-state index is -0.212. The standard InChI is InChI=1S/C14H22FN3OS/c1-2-19-10-3-8-17-14(16)18-9-11-20-13-6-4-12(15)5-7-13/h4-7H,2-3,8-11H2,1H3,(H3,16,17,18). The lowest BCUT2D eigenvalue weighted by Crippen LogP contribution is -2.33. The van der Waals surface area contributed by atoms with E-state index >= 15 is 0 Å². The van der Waals surface area contributed by atoms with Crippen LogP contribution in [0.4, 0.5) is 4.39 Å². The minimum absolute atomic E-state index is 0.212. The van der Waals surface area contributed by atoms with Gasteiger partial charge in [0.25, 0.3) is 0 Å². The molecule has 0 radical (unpaired) electrons. The quantitative estimate of drug-likeness (QED) is 0.318. The number of nitrogens with one attached hydrogen (secondary N) is 1. The Morgan fingerprint density at radius 3 is 2.85 bits per heavy atom. The van der Waals surface area contributed by atoms with Crippen LogP contribution in [0.15, 0.2) is 34.2 Å². The van der Waals surface area contributed by atoms with Crippen molar-refractivity contribution in [1.82, 2.24) is 5.32 Å². The number of ether oxygens (including phenoxy) is 1. The predicted octanol–water partition coefficient (Wildman–Crippen LogP) is 2.25. The number of halogens is 1. The molecule has 4 nitrogen and oxygen atoms in total. The summed E-state index contributed by atoms with van der Waals surface area (Å²) in [5, 5.41) is 3.05. The molecule has 0 bridgehead atoms. The molecule has 0 amide bonds. The zero-order valence-electron chi connectivity index (χ0n) is 11.8. The first kappa shape index (κ1) is 16.8. The van der Waals surface area contributed by atoms with Gasteiger partial charge in [-0.3, -0.25) is 4.99 Å². The number of hydrogen-bond acceptors (Lipinski definition) is 3. The lowest BCUT2D eigenvalue weighted by atomic mass is 10.4. The van der Waals surface area contributed by atoms with Crippen LogP contribution in [-0.4, -0.2) is 38.0 Å². The second kappa shape index (κ2) is 10.5. The molecule has 1 aromatic rings. The third-order valence-electron chi connectivity index (χ3n) is 2.42. The van der Waals surface area contributed by atoms with Gasteiger partial charge in [-0.2, -0.15) is 0 Å². The van der Waals surface area contributed by atoms with Gasteiger partial charge in [0.2, 0.25) is 0 Å². The first-order valence-electron chi connectivity index (χ1n) is 6.72. The van der Waals surface area contributed by atoms with E-state index in [1.54, 1.807) is 23.9 Å². The van der Waals surface area contributed by atoms with Crippen LogP contribution in [0.5, 0.6) is 0 Å². The van der Waals surface area contributed by atoms with Gasteiger partial charge in [-0.15, -0.1) is 11.8 Å². The molecule has 0 aliphatic heterocycles. The second-order valence-corrected chi connectivity index (χ2v) is 5.21. The average molecular weight is 299 g/mol. The van der Waals surface area contributed by atoms with Crippen LogP contribution >= 0.6 is 11.8 Å². The average Bonchev–Trinajstić information content (AvgIpc) is 2.45. The molecule has 112 valence electrons. The molecule has 0 unspecified atom stereocenters. The summed E-state index contributed by atoms with van der Waals surface area (Å²) in [4.78, 5) is 5.24. The molecule has 0 atom stereocenters. The van der Waals surface area contributed by atoms with Crippen molar-refractivity contribution < 1.29 is 9.13 Å². The third kappa shape index (κ3) is 8.01. The van der Waals surface area contributed by atoms with E-state index in [-0.39, 0.29) is 5.82 Å². The van der Waals surface area contributed by atoms with Crippen molar-refractivity contribution in [1.29, 1.82) is 0 Å². The van der Waals surface area contributed by atoms with E-state index in [1.165, 1.54) is 12.1 Å². The molecule has 0 saturated carbocycles. The Morgan fingerprint density at radius 2 is 2.15 bits per heavy atom. The molecule has 0 saturated heterocycles. The predicted molar refractivity (Wildman–Crippen MR) is 82.7 cm³/mol. The Bertz CT molecular complexity index is 398. The summed E-state index contributed by atoms with van der Waals surface area (Å²) in [5.41, 5.74) is 5.73. The van der Waals surface area contributed by atoms with Gasteiger partial charge in [-0.05, 0) is 37.6 Å².